The topological polar surface area (TPSA) is 102 Å². The molecule has 1 aromatic heterocycles. The van der Waals surface area contributed by atoms with Crippen molar-refractivity contribution in [3.63, 3.8) is 0 Å². The van der Waals surface area contributed by atoms with Crippen molar-refractivity contribution in [1.29, 1.82) is 0 Å². The highest BCUT2D eigenvalue weighted by atomic mass is 32.1. The van der Waals surface area contributed by atoms with Crippen LogP contribution in [0.15, 0.2) is 89.1 Å². The number of hydrogen-bond acceptors (Lipinski definition) is 10. The molecule has 0 saturated heterocycles. The molecule has 0 bridgehead atoms. The van der Waals surface area contributed by atoms with Crippen LogP contribution >= 0.6 is 11.3 Å². The molecule has 226 valence electrons. The van der Waals surface area contributed by atoms with Gasteiger partial charge in [0.25, 0.3) is 0 Å². The van der Waals surface area contributed by atoms with E-state index in [1.165, 1.54) is 30.2 Å². The van der Waals surface area contributed by atoms with Gasteiger partial charge in [-0.1, -0.05) is 32.6 Å². The van der Waals surface area contributed by atoms with Crippen molar-refractivity contribution in [3.05, 3.63) is 89.6 Å². The van der Waals surface area contributed by atoms with Crippen molar-refractivity contribution in [2.45, 2.75) is 39.0 Å². The normalized spacial score (nSPS) is 10.9. The van der Waals surface area contributed by atoms with Crippen molar-refractivity contribution < 1.29 is 13.9 Å². The van der Waals surface area contributed by atoms with Crippen LogP contribution < -0.4 is 26.6 Å². The van der Waals surface area contributed by atoms with Gasteiger partial charge in [0.1, 0.15) is 15.7 Å². The summed E-state index contributed by atoms with van der Waals surface area (Å²) in [5.41, 5.74) is 16.0. The molecule has 4 aromatic rings. The highest BCUT2D eigenvalue weighted by molar-refractivity contribution is 7.17. The van der Waals surface area contributed by atoms with Gasteiger partial charge in [0.05, 0.1) is 35.0 Å². The summed E-state index contributed by atoms with van der Waals surface area (Å²) in [4.78, 5) is 14.8. The number of nitrogens with one attached hydrogen (secondary N) is 4. The number of nitrogens with zero attached hydrogens (tertiary/aromatic N) is 3. The second-order valence-electron chi connectivity index (χ2n) is 10.1. The number of esters is 1. The van der Waals surface area contributed by atoms with E-state index in [2.05, 4.69) is 38.9 Å². The van der Waals surface area contributed by atoms with E-state index in [1.807, 2.05) is 67.5 Å². The number of carbonyl (C=O) groups is 1. The number of anilines is 5. The molecule has 9 nitrogen and oxygen atoms in total. The third kappa shape index (κ3) is 10.00. The summed E-state index contributed by atoms with van der Waals surface area (Å²) < 4.78 is 20.1. The molecule has 0 fully saturated rings. The molecule has 11 heteroatoms. The molecular formula is C32H38FN7O2S. The lowest BCUT2D eigenvalue weighted by Gasteiger charge is -2.13. The predicted octanol–water partition coefficient (Wildman–Crippen LogP) is 9.37. The number of thiophene rings is 1. The molecule has 0 aliphatic heterocycles. The Morgan fingerprint density at radius 2 is 1.44 bits per heavy atom. The Morgan fingerprint density at radius 1 is 0.791 bits per heavy atom. The van der Waals surface area contributed by atoms with Gasteiger partial charge in [-0.05, 0) is 79.2 Å². The molecule has 0 atom stereocenters. The monoisotopic (exact) mass is 603 g/mol. The zero-order valence-corrected chi connectivity index (χ0v) is 25.5. The van der Waals surface area contributed by atoms with Crippen LogP contribution in [0.25, 0.3) is 0 Å². The molecule has 0 radical (unpaired) electrons. The molecule has 4 N–H and O–H groups in total. The van der Waals surface area contributed by atoms with Gasteiger partial charge in [0.15, 0.2) is 0 Å². The second kappa shape index (κ2) is 16.1. The van der Waals surface area contributed by atoms with Gasteiger partial charge in [0.2, 0.25) is 0 Å². The van der Waals surface area contributed by atoms with Gasteiger partial charge < -0.3 is 20.5 Å². The van der Waals surface area contributed by atoms with Gasteiger partial charge in [-0.15, -0.1) is 11.3 Å². The summed E-state index contributed by atoms with van der Waals surface area (Å²) in [6.45, 7) is 2.60. The van der Waals surface area contributed by atoms with Crippen LogP contribution in [0.5, 0.6) is 0 Å². The van der Waals surface area contributed by atoms with E-state index in [4.69, 9.17) is 4.74 Å². The van der Waals surface area contributed by atoms with E-state index < -0.39 is 5.82 Å². The number of hydrazine groups is 2. The first-order valence-electron chi connectivity index (χ1n) is 14.3. The Bertz CT molecular complexity index is 1470. The Kier molecular flexibility index (Phi) is 11.7. The van der Waals surface area contributed by atoms with Crippen LogP contribution in [0.4, 0.5) is 43.5 Å². The number of ether oxygens (including phenoxy) is 1. The van der Waals surface area contributed by atoms with Crippen LogP contribution in [-0.4, -0.2) is 26.7 Å². The fraction of sp³-hybridized carbons (Fsp3) is 0.281. The summed E-state index contributed by atoms with van der Waals surface area (Å²) >= 11 is 1.27. The standard InChI is InChI=1S/C32H38FN7O2S/c1-4-5-6-7-8-21-42-32(41)30-19-20-31(43-30)39-37-26-15-18-29(28(33)22-26)38-36-24-11-9-23(10-12-24)34-35-25-13-16-27(17-14-25)40(2)3/h9-20,22,36-39H,4-8,21H2,1-3H3. The second-order valence-corrected chi connectivity index (χ2v) is 11.2. The van der Waals surface area contributed by atoms with Crippen LogP contribution in [0, 0.1) is 5.82 Å². The zero-order valence-electron chi connectivity index (χ0n) is 24.7. The molecule has 0 aliphatic carbocycles. The van der Waals surface area contributed by atoms with E-state index in [0.29, 0.717) is 27.9 Å². The maximum atomic E-state index is 14.7. The summed E-state index contributed by atoms with van der Waals surface area (Å²) in [7, 11) is 3.97. The van der Waals surface area contributed by atoms with Gasteiger partial charge in [-0.2, -0.15) is 10.2 Å². The molecule has 0 aliphatic rings. The van der Waals surface area contributed by atoms with E-state index >= 15 is 0 Å². The molecule has 43 heavy (non-hydrogen) atoms. The van der Waals surface area contributed by atoms with Gasteiger partial charge >= 0.3 is 5.97 Å². The smallest absolute Gasteiger partial charge is 0.348 e. The maximum Gasteiger partial charge on any atom is 0.348 e. The van der Waals surface area contributed by atoms with Gasteiger partial charge in [-0.25, -0.2) is 9.18 Å². The summed E-state index contributed by atoms with van der Waals surface area (Å²) in [5.74, 6) is -0.771. The third-order valence-electron chi connectivity index (χ3n) is 6.44. The maximum absolute atomic E-state index is 14.7. The fourth-order valence-electron chi connectivity index (χ4n) is 3.97. The van der Waals surface area contributed by atoms with Crippen molar-refractivity contribution in [2.75, 3.05) is 47.3 Å². The van der Waals surface area contributed by atoms with Crippen molar-refractivity contribution in [1.82, 2.24) is 0 Å². The van der Waals surface area contributed by atoms with Crippen LogP contribution in [0.3, 0.4) is 0 Å². The lowest BCUT2D eigenvalue weighted by Crippen LogP contribution is -2.11. The van der Waals surface area contributed by atoms with Crippen LogP contribution in [-0.2, 0) is 4.74 Å². The number of halogens is 1. The van der Waals surface area contributed by atoms with Gasteiger partial charge in [0, 0.05) is 25.8 Å². The Hall–Kier alpha value is -4.64. The summed E-state index contributed by atoms with van der Waals surface area (Å²) in [5, 5.41) is 9.26. The Morgan fingerprint density at radius 3 is 2.12 bits per heavy atom. The van der Waals surface area contributed by atoms with E-state index in [1.54, 1.807) is 24.3 Å². The quantitative estimate of drug-likeness (QED) is 0.0438. The number of unbranched alkanes of at least 4 members (excludes halogenated alkanes) is 4. The SMILES string of the molecule is CCCCCCCOC(=O)c1ccc(NNc2ccc(NNc3ccc(N=Nc4ccc(N(C)C)cc4)cc3)c(F)c2)s1. The number of rotatable bonds is 16. The molecule has 0 saturated carbocycles. The molecule has 1 heterocycles. The molecule has 0 amide bonds. The summed E-state index contributed by atoms with van der Waals surface area (Å²) in [6.07, 6.45) is 5.50. The average Bonchev–Trinajstić information content (AvgIpc) is 3.50. The zero-order chi connectivity index (χ0) is 30.4. The Labute approximate surface area is 256 Å². The minimum absolute atomic E-state index is 0.284. The minimum Gasteiger partial charge on any atom is -0.462 e. The highest BCUT2D eigenvalue weighted by Gasteiger charge is 2.11. The largest absolute Gasteiger partial charge is 0.462 e. The third-order valence-corrected chi connectivity index (χ3v) is 7.42. The van der Waals surface area contributed by atoms with Crippen LogP contribution in [0.2, 0.25) is 0 Å². The van der Waals surface area contributed by atoms with Crippen molar-refractivity contribution >= 4 is 56.4 Å². The molecule has 0 spiro atoms. The van der Waals surface area contributed by atoms with E-state index in [-0.39, 0.29) is 11.7 Å². The predicted molar refractivity (Wildman–Crippen MR) is 176 cm³/mol. The van der Waals surface area contributed by atoms with Gasteiger partial charge in [-0.3, -0.25) is 10.9 Å². The number of azo groups is 1. The first-order chi connectivity index (χ1) is 20.9. The van der Waals surface area contributed by atoms with Crippen molar-refractivity contribution in [2.24, 2.45) is 10.2 Å². The van der Waals surface area contributed by atoms with Crippen molar-refractivity contribution in [3.8, 4) is 0 Å². The number of carbonyl (C=O) groups excluding carboxylic acids is 1. The average molecular weight is 604 g/mol. The molecule has 3 aromatic carbocycles. The Balaban J connectivity index is 1.20. The van der Waals surface area contributed by atoms with E-state index in [0.717, 1.165) is 36.3 Å². The fourth-order valence-corrected chi connectivity index (χ4v) is 4.72. The van der Waals surface area contributed by atoms with Crippen LogP contribution in [0.1, 0.15) is 48.7 Å². The number of benzene rings is 3. The first kappa shape index (κ1) is 31.3. The minimum atomic E-state index is -0.445. The lowest BCUT2D eigenvalue weighted by atomic mass is 10.2. The number of hydrogen-bond donors (Lipinski definition) is 4. The summed E-state index contributed by atoms with van der Waals surface area (Å²) in [6, 6.07) is 23.3. The highest BCUT2D eigenvalue weighted by Crippen LogP contribution is 2.26. The molecule has 0 unspecified atom stereocenters. The lowest BCUT2D eigenvalue weighted by molar-refractivity contribution is 0.0503. The van der Waals surface area contributed by atoms with E-state index in [9.17, 15) is 9.18 Å². The molecule has 4 rings (SSSR count). The molecular weight excluding hydrogens is 565 g/mol. The first-order valence-corrected chi connectivity index (χ1v) is 15.1.